The van der Waals surface area contributed by atoms with Gasteiger partial charge in [0, 0.05) is 48.6 Å². The predicted octanol–water partition coefficient (Wildman–Crippen LogP) is 1.51. The maximum absolute atomic E-state index is 14.3. The molecule has 2 unspecified atom stereocenters. The van der Waals surface area contributed by atoms with Crippen molar-refractivity contribution >= 4 is 45.5 Å². The summed E-state index contributed by atoms with van der Waals surface area (Å²) in [5.41, 5.74) is 5.00. The van der Waals surface area contributed by atoms with Gasteiger partial charge in [0.05, 0.1) is 17.5 Å². The molecule has 3 saturated carbocycles. The van der Waals surface area contributed by atoms with Gasteiger partial charge in [0.2, 0.25) is 5.91 Å². The number of primary amides is 1. The van der Waals surface area contributed by atoms with Crippen molar-refractivity contribution in [3.8, 4) is 5.75 Å². The zero-order valence-electron chi connectivity index (χ0n) is 26.5. The summed E-state index contributed by atoms with van der Waals surface area (Å²) >= 11 is 0. The fraction of sp³-hybridized carbons (Fsp3) is 0.559. The average molecular weight is 619 g/mol. The van der Waals surface area contributed by atoms with Crippen molar-refractivity contribution in [2.24, 2.45) is 29.4 Å². The molecule has 4 aliphatic carbocycles. The van der Waals surface area contributed by atoms with Gasteiger partial charge in [-0.3, -0.25) is 28.9 Å². The van der Waals surface area contributed by atoms with Gasteiger partial charge < -0.3 is 26.2 Å². The number of carbonyl (C=O) groups is 5. The van der Waals surface area contributed by atoms with Crippen molar-refractivity contribution in [3.63, 3.8) is 0 Å². The number of anilines is 1. The van der Waals surface area contributed by atoms with Crippen LogP contribution in [0.5, 0.6) is 5.75 Å². The summed E-state index contributed by atoms with van der Waals surface area (Å²) in [4.78, 5) is 71.1. The minimum absolute atomic E-state index is 0.00524. The highest BCUT2D eigenvalue weighted by molar-refractivity contribution is 6.32. The minimum atomic E-state index is -2.75. The van der Waals surface area contributed by atoms with E-state index in [2.05, 4.69) is 12.2 Å². The Kier molecular flexibility index (Phi) is 7.45. The van der Waals surface area contributed by atoms with E-state index in [0.29, 0.717) is 17.5 Å². The van der Waals surface area contributed by atoms with Gasteiger partial charge in [-0.1, -0.05) is 25.0 Å². The molecule has 11 nitrogen and oxygen atoms in total. The molecule has 0 radical (unpaired) electrons. The van der Waals surface area contributed by atoms with Gasteiger partial charge in [0.15, 0.2) is 34.7 Å². The first-order valence-corrected chi connectivity index (χ1v) is 15.7. The maximum Gasteiger partial charge on any atom is 0.235 e. The highest BCUT2D eigenvalue weighted by Crippen LogP contribution is 2.53. The standard InChI is InChI=1S/C34H42N4O7/c1-33(10-6-7-11-33)36-15-16-8-9-18-19(12-16)27(39)23-20(25(18)37(2)3)13-17-14-21-26(38(4)5)29(41)24(32(35)44)31(43)34(21,45)30(42)22(17)28(23)40/h8-9,12,17,21-22,24,26,36,39,45H,6-7,10-11,13-15H2,1-5H3,(H2,35,44)/t17-,21-,22?,24?,26-,34-/m0/s1. The van der Waals surface area contributed by atoms with E-state index in [4.69, 9.17) is 5.73 Å². The first-order chi connectivity index (χ1) is 21.1. The van der Waals surface area contributed by atoms with Crippen LogP contribution in [0.4, 0.5) is 5.69 Å². The Labute approximate surface area is 262 Å². The number of rotatable bonds is 6. The van der Waals surface area contributed by atoms with E-state index < -0.39 is 64.4 Å². The van der Waals surface area contributed by atoms with E-state index in [1.165, 1.54) is 17.7 Å². The molecule has 0 aromatic heterocycles. The monoisotopic (exact) mass is 618 g/mol. The van der Waals surface area contributed by atoms with Gasteiger partial charge in [-0.15, -0.1) is 0 Å². The average Bonchev–Trinajstić information content (AvgIpc) is 3.40. The number of ketones is 4. The molecule has 5 N–H and O–H groups in total. The molecule has 6 atom stereocenters. The highest BCUT2D eigenvalue weighted by Gasteiger charge is 2.69. The van der Waals surface area contributed by atoms with Crippen LogP contribution in [0.2, 0.25) is 0 Å². The second kappa shape index (κ2) is 10.7. The number of amides is 1. The number of nitrogens with two attached hydrogens (primary N) is 1. The lowest BCUT2D eigenvalue weighted by Gasteiger charge is -2.52. The lowest BCUT2D eigenvalue weighted by molar-refractivity contribution is -0.181. The SMILES string of the molecule is CN(C)c1c2c(c(O)c3cc(CNC4(C)CCCC4)ccc13)C(=O)C1C(=O)[C@]3(O)C(=O)C(C(N)=O)C(=O)[C@@H](N(C)C)[C@@H]3C[C@@H]1C2. The third kappa shape index (κ3) is 4.53. The number of nitrogens with zero attached hydrogens (tertiary/aromatic N) is 2. The molecular weight excluding hydrogens is 576 g/mol. The normalized spacial score (nSPS) is 30.8. The van der Waals surface area contributed by atoms with Crippen molar-refractivity contribution in [2.45, 2.75) is 69.2 Å². The van der Waals surface area contributed by atoms with Crippen molar-refractivity contribution in [3.05, 3.63) is 34.9 Å². The Balaban J connectivity index is 1.46. The number of fused-ring (bicyclic) bond motifs is 4. The van der Waals surface area contributed by atoms with Crippen LogP contribution in [0.1, 0.15) is 60.5 Å². The van der Waals surface area contributed by atoms with E-state index in [9.17, 15) is 34.2 Å². The lowest BCUT2D eigenvalue weighted by Crippen LogP contribution is -2.74. The molecule has 0 spiro atoms. The summed E-state index contributed by atoms with van der Waals surface area (Å²) in [5, 5.41) is 28.4. The maximum atomic E-state index is 14.3. The number of hydrogen-bond donors (Lipinski definition) is 4. The number of carbonyl (C=O) groups excluding carboxylic acids is 5. The zero-order valence-corrected chi connectivity index (χ0v) is 26.5. The molecule has 0 saturated heterocycles. The second-order valence-corrected chi connectivity index (χ2v) is 14.2. The third-order valence-electron chi connectivity index (χ3n) is 10.9. The number of aromatic hydroxyl groups is 1. The van der Waals surface area contributed by atoms with Crippen molar-refractivity contribution in [2.75, 3.05) is 33.1 Å². The molecule has 2 aromatic rings. The number of nitrogens with one attached hydrogen (secondary N) is 1. The first-order valence-electron chi connectivity index (χ1n) is 15.7. The molecule has 0 aliphatic heterocycles. The number of benzene rings is 2. The number of likely N-dealkylation sites (N-methyl/N-ethyl adjacent to an activating group) is 1. The van der Waals surface area contributed by atoms with Crippen LogP contribution < -0.4 is 16.0 Å². The number of hydrogen-bond acceptors (Lipinski definition) is 10. The largest absolute Gasteiger partial charge is 0.507 e. The number of phenols is 1. The fourth-order valence-corrected chi connectivity index (χ4v) is 8.77. The Hall–Kier alpha value is -3.67. The summed E-state index contributed by atoms with van der Waals surface area (Å²) < 4.78 is 0. The summed E-state index contributed by atoms with van der Waals surface area (Å²) in [6.45, 7) is 2.80. The molecule has 240 valence electrons. The Bertz CT molecular complexity index is 1660. The Morgan fingerprint density at radius 1 is 1.04 bits per heavy atom. The number of aliphatic hydroxyl groups is 1. The van der Waals surface area contributed by atoms with Crippen LogP contribution in [0.25, 0.3) is 10.8 Å². The third-order valence-corrected chi connectivity index (χ3v) is 10.9. The molecule has 0 bridgehead atoms. The van der Waals surface area contributed by atoms with Crippen molar-refractivity contribution < 1.29 is 34.2 Å². The van der Waals surface area contributed by atoms with Gasteiger partial charge in [0.1, 0.15) is 5.75 Å². The number of Topliss-reactive ketones (excluding diaryl/α,β-unsaturated/α-hetero) is 4. The van der Waals surface area contributed by atoms with Crippen LogP contribution in [0.3, 0.4) is 0 Å². The molecule has 4 aliphatic rings. The molecule has 2 aromatic carbocycles. The van der Waals surface area contributed by atoms with Gasteiger partial charge in [-0.2, -0.15) is 0 Å². The van der Waals surface area contributed by atoms with Crippen LogP contribution in [-0.2, 0) is 32.1 Å². The van der Waals surface area contributed by atoms with Crippen LogP contribution in [0, 0.1) is 23.7 Å². The highest BCUT2D eigenvalue weighted by atomic mass is 16.3. The molecular formula is C34H42N4O7. The number of phenolic OH excluding ortho intramolecular Hbond substituents is 1. The molecule has 11 heteroatoms. The summed E-state index contributed by atoms with van der Waals surface area (Å²) in [6, 6.07) is 4.69. The topological polar surface area (TPSA) is 170 Å². The molecule has 0 heterocycles. The van der Waals surface area contributed by atoms with Crippen LogP contribution in [0.15, 0.2) is 18.2 Å². The summed E-state index contributed by atoms with van der Waals surface area (Å²) in [5.74, 6) is -10.5. The zero-order chi connectivity index (χ0) is 32.7. The van der Waals surface area contributed by atoms with Crippen molar-refractivity contribution in [1.29, 1.82) is 0 Å². The summed E-state index contributed by atoms with van der Waals surface area (Å²) in [6.07, 6.45) is 4.77. The molecule has 3 fully saturated rings. The summed E-state index contributed by atoms with van der Waals surface area (Å²) in [7, 11) is 6.85. The fourth-order valence-electron chi connectivity index (χ4n) is 8.77. The Morgan fingerprint density at radius 3 is 2.31 bits per heavy atom. The van der Waals surface area contributed by atoms with Gasteiger partial charge in [-0.25, -0.2) is 0 Å². The van der Waals surface area contributed by atoms with E-state index in [-0.39, 0.29) is 29.7 Å². The van der Waals surface area contributed by atoms with Gasteiger partial charge >= 0.3 is 0 Å². The molecule has 1 amide bonds. The Morgan fingerprint density at radius 2 is 1.71 bits per heavy atom. The predicted molar refractivity (Wildman–Crippen MR) is 167 cm³/mol. The molecule has 45 heavy (non-hydrogen) atoms. The molecule has 6 rings (SSSR count). The van der Waals surface area contributed by atoms with Crippen molar-refractivity contribution in [1.82, 2.24) is 10.2 Å². The second-order valence-electron chi connectivity index (χ2n) is 14.2. The lowest BCUT2D eigenvalue weighted by atomic mass is 9.52. The van der Waals surface area contributed by atoms with E-state index in [0.717, 1.165) is 29.5 Å². The van der Waals surface area contributed by atoms with Gasteiger partial charge in [-0.05, 0) is 69.8 Å². The van der Waals surface area contributed by atoms with Crippen LogP contribution in [-0.4, -0.2) is 89.5 Å². The smallest absolute Gasteiger partial charge is 0.235 e. The van der Waals surface area contributed by atoms with E-state index in [1.807, 2.05) is 37.2 Å². The van der Waals surface area contributed by atoms with E-state index >= 15 is 0 Å². The van der Waals surface area contributed by atoms with Crippen LogP contribution >= 0.6 is 0 Å². The minimum Gasteiger partial charge on any atom is -0.507 e. The first kappa shape index (κ1) is 31.3. The van der Waals surface area contributed by atoms with E-state index in [1.54, 1.807) is 14.1 Å². The van der Waals surface area contributed by atoms with Gasteiger partial charge in [0.25, 0.3) is 0 Å². The quantitative estimate of drug-likeness (QED) is 0.348.